The molecule has 0 radical (unpaired) electrons. The van der Waals surface area contributed by atoms with E-state index in [0.29, 0.717) is 22.7 Å². The smallest absolute Gasteiger partial charge is 0.224 e. The van der Waals surface area contributed by atoms with Crippen molar-refractivity contribution < 1.29 is 9.18 Å². The molecule has 0 saturated heterocycles. The van der Waals surface area contributed by atoms with Crippen molar-refractivity contribution in [1.29, 1.82) is 0 Å². The zero-order chi connectivity index (χ0) is 18.4. The van der Waals surface area contributed by atoms with Crippen LogP contribution in [0, 0.1) is 5.82 Å². The summed E-state index contributed by atoms with van der Waals surface area (Å²) in [5, 5.41) is 3.32. The van der Waals surface area contributed by atoms with E-state index in [1.807, 2.05) is 24.3 Å². The van der Waals surface area contributed by atoms with Gasteiger partial charge in [-0.25, -0.2) is 4.39 Å². The van der Waals surface area contributed by atoms with Gasteiger partial charge in [-0.3, -0.25) is 9.78 Å². The predicted molar refractivity (Wildman–Crippen MR) is 103 cm³/mol. The average molecular weight is 369 g/mol. The van der Waals surface area contributed by atoms with Crippen LogP contribution in [0.5, 0.6) is 0 Å². The Morgan fingerprint density at radius 3 is 2.65 bits per heavy atom. The van der Waals surface area contributed by atoms with Gasteiger partial charge in [-0.05, 0) is 54.3 Å². The van der Waals surface area contributed by atoms with Gasteiger partial charge in [0, 0.05) is 23.2 Å². The van der Waals surface area contributed by atoms with Crippen molar-refractivity contribution in [3.05, 3.63) is 83.4 Å². The maximum absolute atomic E-state index is 13.9. The van der Waals surface area contributed by atoms with Crippen LogP contribution < -0.4 is 5.32 Å². The fourth-order valence-electron chi connectivity index (χ4n) is 2.68. The minimum absolute atomic E-state index is 0.0318. The number of rotatable bonds is 6. The summed E-state index contributed by atoms with van der Waals surface area (Å²) in [5.41, 5.74) is 3.07. The van der Waals surface area contributed by atoms with E-state index >= 15 is 0 Å². The lowest BCUT2D eigenvalue weighted by Crippen LogP contribution is -2.11. The lowest BCUT2D eigenvalue weighted by atomic mass is 10.0. The van der Waals surface area contributed by atoms with Gasteiger partial charge in [0.15, 0.2) is 0 Å². The summed E-state index contributed by atoms with van der Waals surface area (Å²) >= 11 is 5.95. The molecule has 0 fully saturated rings. The van der Waals surface area contributed by atoms with Crippen LogP contribution in [0.2, 0.25) is 5.02 Å². The SMILES string of the molecule is O=C(CCCc1ccc(-c2cc(Cl)ccc2F)cc1)Nc1cccnc1. The Bertz CT molecular complexity index is 882. The second-order valence-corrected chi connectivity index (χ2v) is 6.40. The van der Waals surface area contributed by atoms with Gasteiger partial charge in [0.25, 0.3) is 0 Å². The largest absolute Gasteiger partial charge is 0.325 e. The third-order valence-electron chi connectivity index (χ3n) is 4.01. The minimum Gasteiger partial charge on any atom is -0.325 e. The first-order valence-corrected chi connectivity index (χ1v) is 8.74. The second-order valence-electron chi connectivity index (χ2n) is 5.96. The van der Waals surface area contributed by atoms with E-state index in [1.54, 1.807) is 30.6 Å². The van der Waals surface area contributed by atoms with E-state index in [4.69, 9.17) is 11.6 Å². The first-order chi connectivity index (χ1) is 12.6. The number of halogens is 2. The van der Waals surface area contributed by atoms with Gasteiger partial charge < -0.3 is 5.32 Å². The molecule has 0 bridgehead atoms. The maximum Gasteiger partial charge on any atom is 0.224 e. The highest BCUT2D eigenvalue weighted by Crippen LogP contribution is 2.26. The summed E-state index contributed by atoms with van der Waals surface area (Å²) in [7, 11) is 0. The number of benzene rings is 2. The van der Waals surface area contributed by atoms with E-state index in [1.165, 1.54) is 12.1 Å². The van der Waals surface area contributed by atoms with Crippen LogP contribution in [0.25, 0.3) is 11.1 Å². The highest BCUT2D eigenvalue weighted by atomic mass is 35.5. The predicted octanol–water partition coefficient (Wildman–Crippen LogP) is 5.50. The first kappa shape index (κ1) is 18.1. The van der Waals surface area contributed by atoms with E-state index < -0.39 is 0 Å². The van der Waals surface area contributed by atoms with Gasteiger partial charge >= 0.3 is 0 Å². The number of hydrogen-bond donors (Lipinski definition) is 1. The van der Waals surface area contributed by atoms with Crippen LogP contribution in [-0.2, 0) is 11.2 Å². The molecular formula is C21H18ClFN2O. The summed E-state index contributed by atoms with van der Waals surface area (Å²) in [4.78, 5) is 15.9. The van der Waals surface area contributed by atoms with Crippen LogP contribution in [-0.4, -0.2) is 10.9 Å². The Hall–Kier alpha value is -2.72. The topological polar surface area (TPSA) is 42.0 Å². The van der Waals surface area contributed by atoms with Crippen molar-refractivity contribution >= 4 is 23.2 Å². The van der Waals surface area contributed by atoms with Crippen LogP contribution in [0.3, 0.4) is 0 Å². The van der Waals surface area contributed by atoms with Gasteiger partial charge in [-0.15, -0.1) is 0 Å². The number of carbonyl (C=O) groups is 1. The Kier molecular flexibility index (Phi) is 5.97. The summed E-state index contributed by atoms with van der Waals surface area (Å²) in [6.07, 6.45) is 5.22. The molecule has 3 rings (SSSR count). The molecule has 26 heavy (non-hydrogen) atoms. The maximum atomic E-state index is 13.9. The monoisotopic (exact) mass is 368 g/mol. The number of aromatic nitrogens is 1. The molecule has 2 aromatic carbocycles. The zero-order valence-electron chi connectivity index (χ0n) is 14.1. The summed E-state index contributed by atoms with van der Waals surface area (Å²) in [5.74, 6) is -0.329. The highest BCUT2D eigenvalue weighted by molar-refractivity contribution is 6.30. The summed E-state index contributed by atoms with van der Waals surface area (Å²) < 4.78 is 13.9. The lowest BCUT2D eigenvalue weighted by Gasteiger charge is -2.07. The number of nitrogens with one attached hydrogen (secondary N) is 1. The molecule has 0 aliphatic heterocycles. The summed E-state index contributed by atoms with van der Waals surface area (Å²) in [6.45, 7) is 0. The number of hydrogen-bond acceptors (Lipinski definition) is 2. The molecule has 3 nitrogen and oxygen atoms in total. The van der Waals surface area contributed by atoms with Crippen molar-refractivity contribution in [2.24, 2.45) is 0 Å². The third kappa shape index (κ3) is 4.90. The number of pyridine rings is 1. The van der Waals surface area contributed by atoms with E-state index in [9.17, 15) is 9.18 Å². The highest BCUT2D eigenvalue weighted by Gasteiger charge is 2.07. The van der Waals surface area contributed by atoms with Crippen LogP contribution >= 0.6 is 11.6 Å². The third-order valence-corrected chi connectivity index (χ3v) is 4.24. The van der Waals surface area contributed by atoms with E-state index in [0.717, 1.165) is 24.0 Å². The molecule has 5 heteroatoms. The number of anilines is 1. The van der Waals surface area contributed by atoms with Crippen LogP contribution in [0.15, 0.2) is 67.0 Å². The molecule has 0 aliphatic carbocycles. The number of nitrogens with zero attached hydrogens (tertiary/aromatic N) is 1. The lowest BCUT2D eigenvalue weighted by molar-refractivity contribution is -0.116. The standard InChI is InChI=1S/C21H18ClFN2O/c22-17-10-11-20(23)19(13-17)16-8-6-15(7-9-16)3-1-5-21(26)25-18-4-2-12-24-14-18/h2,4,6-14H,1,3,5H2,(H,25,26). The average Bonchev–Trinajstić information content (AvgIpc) is 2.65. The second kappa shape index (κ2) is 8.59. The molecule has 1 N–H and O–H groups in total. The molecule has 1 amide bonds. The molecule has 0 spiro atoms. The van der Waals surface area contributed by atoms with Gasteiger partial charge in [0.2, 0.25) is 5.91 Å². The molecule has 0 atom stereocenters. The van der Waals surface area contributed by atoms with Crippen molar-refractivity contribution in [2.45, 2.75) is 19.3 Å². The van der Waals surface area contributed by atoms with E-state index in [2.05, 4.69) is 10.3 Å². The fourth-order valence-corrected chi connectivity index (χ4v) is 2.86. The van der Waals surface area contributed by atoms with Crippen molar-refractivity contribution in [3.8, 4) is 11.1 Å². The van der Waals surface area contributed by atoms with Gasteiger partial charge in [0.1, 0.15) is 5.82 Å². The van der Waals surface area contributed by atoms with Crippen molar-refractivity contribution in [2.75, 3.05) is 5.32 Å². The molecule has 132 valence electrons. The van der Waals surface area contributed by atoms with Crippen molar-refractivity contribution in [1.82, 2.24) is 4.98 Å². The van der Waals surface area contributed by atoms with Gasteiger partial charge in [0.05, 0.1) is 11.9 Å². The first-order valence-electron chi connectivity index (χ1n) is 8.36. The molecule has 1 heterocycles. The molecule has 1 aromatic heterocycles. The van der Waals surface area contributed by atoms with Crippen LogP contribution in [0.1, 0.15) is 18.4 Å². The Balaban J connectivity index is 1.53. The Labute approximate surface area is 156 Å². The van der Waals surface area contributed by atoms with Crippen LogP contribution in [0.4, 0.5) is 10.1 Å². The van der Waals surface area contributed by atoms with Gasteiger partial charge in [-0.1, -0.05) is 35.9 Å². The Morgan fingerprint density at radius 1 is 1.12 bits per heavy atom. The molecule has 0 saturated carbocycles. The molecule has 3 aromatic rings. The normalized spacial score (nSPS) is 10.5. The molecular weight excluding hydrogens is 351 g/mol. The molecule has 0 aliphatic rings. The Morgan fingerprint density at radius 2 is 1.92 bits per heavy atom. The van der Waals surface area contributed by atoms with Gasteiger partial charge in [-0.2, -0.15) is 0 Å². The quantitative estimate of drug-likeness (QED) is 0.624. The van der Waals surface area contributed by atoms with E-state index in [-0.39, 0.29) is 11.7 Å². The molecule has 0 unspecified atom stereocenters. The zero-order valence-corrected chi connectivity index (χ0v) is 14.8. The minimum atomic E-state index is -0.297. The fraction of sp³-hybridized carbons (Fsp3) is 0.143. The number of aryl methyl sites for hydroxylation is 1. The number of carbonyl (C=O) groups excluding carboxylic acids is 1. The summed E-state index contributed by atoms with van der Waals surface area (Å²) in [6, 6.07) is 15.8. The number of amides is 1. The van der Waals surface area contributed by atoms with Crippen molar-refractivity contribution in [3.63, 3.8) is 0 Å².